The second kappa shape index (κ2) is 7.26. The van der Waals surface area contributed by atoms with E-state index in [9.17, 15) is 4.79 Å². The molecule has 0 aliphatic carbocycles. The van der Waals surface area contributed by atoms with Crippen molar-refractivity contribution in [2.75, 3.05) is 19.7 Å². The first-order valence-corrected chi connectivity index (χ1v) is 9.47. The van der Waals surface area contributed by atoms with Crippen LogP contribution in [0.15, 0.2) is 24.3 Å². The van der Waals surface area contributed by atoms with E-state index in [1.165, 1.54) is 11.1 Å². The number of carbonyl (C=O) groups is 1. The Labute approximate surface area is 146 Å². The molecule has 0 radical (unpaired) electrons. The summed E-state index contributed by atoms with van der Waals surface area (Å²) in [7, 11) is 0. The molecule has 1 amide bonds. The summed E-state index contributed by atoms with van der Waals surface area (Å²) >= 11 is 0. The number of hydrogen-bond acceptors (Lipinski definition) is 2. The first kappa shape index (κ1) is 17.5. The Hall–Kier alpha value is -1.35. The van der Waals surface area contributed by atoms with Gasteiger partial charge in [0.05, 0.1) is 6.10 Å². The van der Waals surface area contributed by atoms with E-state index >= 15 is 0 Å². The summed E-state index contributed by atoms with van der Waals surface area (Å²) in [6.07, 6.45) is 5.07. The summed E-state index contributed by atoms with van der Waals surface area (Å²) in [5.41, 5.74) is 2.52. The van der Waals surface area contributed by atoms with E-state index < -0.39 is 0 Å². The average Bonchev–Trinajstić information content (AvgIpc) is 3.10. The zero-order valence-electron chi connectivity index (χ0n) is 15.4. The SMILES string of the molecule is Cc1ccc([C@]2(CC(=O)N3CCCC3)CCO[C@H](C(C)C)C2)cc1. The topological polar surface area (TPSA) is 29.5 Å². The molecular weight excluding hydrogens is 298 g/mol. The van der Waals surface area contributed by atoms with Gasteiger partial charge in [0.1, 0.15) is 0 Å². The Morgan fingerprint density at radius 3 is 2.54 bits per heavy atom. The van der Waals surface area contributed by atoms with E-state index in [0.29, 0.717) is 18.2 Å². The van der Waals surface area contributed by atoms with Gasteiger partial charge in [-0.15, -0.1) is 0 Å². The third-order valence-corrected chi connectivity index (χ3v) is 5.86. The molecule has 132 valence electrons. The second-order valence-electron chi connectivity index (χ2n) is 8.02. The van der Waals surface area contributed by atoms with Gasteiger partial charge in [-0.3, -0.25) is 4.79 Å². The lowest BCUT2D eigenvalue weighted by Crippen LogP contribution is -2.44. The molecule has 2 aliphatic rings. The molecule has 3 nitrogen and oxygen atoms in total. The molecule has 0 aromatic heterocycles. The number of nitrogens with zero attached hydrogens (tertiary/aromatic N) is 1. The smallest absolute Gasteiger partial charge is 0.223 e. The normalized spacial score (nSPS) is 27.7. The van der Waals surface area contributed by atoms with E-state index in [-0.39, 0.29) is 11.5 Å². The quantitative estimate of drug-likeness (QED) is 0.833. The summed E-state index contributed by atoms with van der Waals surface area (Å²) < 4.78 is 6.02. The van der Waals surface area contributed by atoms with E-state index in [2.05, 4.69) is 49.9 Å². The second-order valence-corrected chi connectivity index (χ2v) is 8.02. The number of rotatable bonds is 4. The number of benzene rings is 1. The van der Waals surface area contributed by atoms with Gasteiger partial charge in [0, 0.05) is 31.5 Å². The van der Waals surface area contributed by atoms with Crippen molar-refractivity contribution in [2.45, 2.75) is 64.4 Å². The van der Waals surface area contributed by atoms with Gasteiger partial charge in [-0.2, -0.15) is 0 Å². The molecular formula is C21H31NO2. The number of likely N-dealkylation sites (tertiary alicyclic amines) is 1. The van der Waals surface area contributed by atoms with E-state index in [1.807, 2.05) is 0 Å². The van der Waals surface area contributed by atoms with Crippen molar-refractivity contribution in [1.82, 2.24) is 4.90 Å². The molecule has 3 heteroatoms. The fraction of sp³-hybridized carbons (Fsp3) is 0.667. The van der Waals surface area contributed by atoms with Crippen LogP contribution in [0.5, 0.6) is 0 Å². The minimum absolute atomic E-state index is 0.0689. The molecule has 0 saturated carbocycles. The molecule has 2 saturated heterocycles. The lowest BCUT2D eigenvalue weighted by Gasteiger charge is -2.43. The van der Waals surface area contributed by atoms with Crippen LogP contribution in [-0.2, 0) is 14.9 Å². The summed E-state index contributed by atoms with van der Waals surface area (Å²) in [5.74, 6) is 0.814. The molecule has 0 unspecified atom stereocenters. The monoisotopic (exact) mass is 329 g/mol. The van der Waals surface area contributed by atoms with Crippen molar-refractivity contribution in [3.8, 4) is 0 Å². The van der Waals surface area contributed by atoms with Crippen molar-refractivity contribution < 1.29 is 9.53 Å². The fourth-order valence-corrected chi connectivity index (χ4v) is 4.18. The highest BCUT2D eigenvalue weighted by molar-refractivity contribution is 5.78. The van der Waals surface area contributed by atoms with Crippen LogP contribution in [0.2, 0.25) is 0 Å². The van der Waals surface area contributed by atoms with Gasteiger partial charge in [0.15, 0.2) is 0 Å². The van der Waals surface area contributed by atoms with Crippen LogP contribution in [0, 0.1) is 12.8 Å². The number of amides is 1. The highest BCUT2D eigenvalue weighted by Crippen LogP contribution is 2.42. The third kappa shape index (κ3) is 3.66. The van der Waals surface area contributed by atoms with Gasteiger partial charge < -0.3 is 9.64 Å². The molecule has 0 spiro atoms. The molecule has 1 aromatic rings. The summed E-state index contributed by atoms with van der Waals surface area (Å²) in [6, 6.07) is 8.82. The molecule has 1 aromatic carbocycles. The average molecular weight is 329 g/mol. The Balaban J connectivity index is 1.87. The molecule has 2 atom stereocenters. The van der Waals surface area contributed by atoms with Crippen molar-refractivity contribution in [1.29, 1.82) is 0 Å². The van der Waals surface area contributed by atoms with Crippen LogP contribution < -0.4 is 0 Å². The van der Waals surface area contributed by atoms with Crippen LogP contribution in [0.25, 0.3) is 0 Å². The Morgan fingerprint density at radius 2 is 1.92 bits per heavy atom. The van der Waals surface area contributed by atoms with Gasteiger partial charge in [0.2, 0.25) is 5.91 Å². The maximum atomic E-state index is 12.9. The molecule has 0 bridgehead atoms. The standard InChI is InChI=1S/C21H31NO2/c1-16(2)19-14-21(10-13-24-19,18-8-6-17(3)7-9-18)15-20(23)22-11-4-5-12-22/h6-9,16,19H,4-5,10-15H2,1-3H3/t19-,21+/m0/s1. The predicted molar refractivity (Wildman–Crippen MR) is 97.1 cm³/mol. The molecule has 2 aliphatic heterocycles. The summed E-state index contributed by atoms with van der Waals surface area (Å²) in [6.45, 7) is 9.19. The summed E-state index contributed by atoms with van der Waals surface area (Å²) in [5, 5.41) is 0. The van der Waals surface area contributed by atoms with Crippen LogP contribution in [0.1, 0.15) is 57.1 Å². The predicted octanol–water partition coefficient (Wildman–Crippen LogP) is 4.08. The fourth-order valence-electron chi connectivity index (χ4n) is 4.18. The van der Waals surface area contributed by atoms with Crippen molar-refractivity contribution in [3.63, 3.8) is 0 Å². The zero-order chi connectivity index (χ0) is 17.2. The van der Waals surface area contributed by atoms with E-state index in [1.54, 1.807) is 0 Å². The molecule has 2 fully saturated rings. The Morgan fingerprint density at radius 1 is 1.25 bits per heavy atom. The van der Waals surface area contributed by atoms with Crippen molar-refractivity contribution in [2.24, 2.45) is 5.92 Å². The third-order valence-electron chi connectivity index (χ3n) is 5.86. The number of aryl methyl sites for hydroxylation is 1. The molecule has 0 N–H and O–H groups in total. The van der Waals surface area contributed by atoms with E-state index in [4.69, 9.17) is 4.74 Å². The van der Waals surface area contributed by atoms with Crippen molar-refractivity contribution in [3.05, 3.63) is 35.4 Å². The van der Waals surface area contributed by atoms with Gasteiger partial charge in [0.25, 0.3) is 0 Å². The first-order valence-electron chi connectivity index (χ1n) is 9.47. The minimum atomic E-state index is -0.0689. The number of ether oxygens (including phenoxy) is 1. The molecule has 24 heavy (non-hydrogen) atoms. The van der Waals surface area contributed by atoms with Crippen molar-refractivity contribution >= 4 is 5.91 Å². The minimum Gasteiger partial charge on any atom is -0.378 e. The van der Waals surface area contributed by atoms with Gasteiger partial charge in [-0.05, 0) is 44.1 Å². The number of carbonyl (C=O) groups excluding carboxylic acids is 1. The first-order chi connectivity index (χ1) is 11.5. The lowest BCUT2D eigenvalue weighted by atomic mass is 9.68. The zero-order valence-corrected chi connectivity index (χ0v) is 15.4. The van der Waals surface area contributed by atoms with Gasteiger partial charge in [-0.25, -0.2) is 0 Å². The highest BCUT2D eigenvalue weighted by atomic mass is 16.5. The van der Waals surface area contributed by atoms with Crippen LogP contribution in [-0.4, -0.2) is 36.6 Å². The maximum Gasteiger partial charge on any atom is 0.223 e. The Bertz CT molecular complexity index is 560. The summed E-state index contributed by atoms with van der Waals surface area (Å²) in [4.78, 5) is 15.0. The molecule has 3 rings (SSSR count). The largest absolute Gasteiger partial charge is 0.378 e. The number of hydrogen-bond donors (Lipinski definition) is 0. The van der Waals surface area contributed by atoms with E-state index in [0.717, 1.165) is 45.4 Å². The Kier molecular flexibility index (Phi) is 5.29. The van der Waals surface area contributed by atoms with Gasteiger partial charge >= 0.3 is 0 Å². The molecule has 2 heterocycles. The maximum absolute atomic E-state index is 12.9. The highest BCUT2D eigenvalue weighted by Gasteiger charge is 2.42. The van der Waals surface area contributed by atoms with Crippen LogP contribution in [0.3, 0.4) is 0 Å². The van der Waals surface area contributed by atoms with Crippen LogP contribution in [0.4, 0.5) is 0 Å². The van der Waals surface area contributed by atoms with Gasteiger partial charge in [-0.1, -0.05) is 43.7 Å². The van der Waals surface area contributed by atoms with Crippen LogP contribution >= 0.6 is 0 Å². The lowest BCUT2D eigenvalue weighted by molar-refractivity contribution is -0.133.